The Bertz CT molecular complexity index is 443. The molecule has 1 aromatic carbocycles. The third kappa shape index (κ3) is 4.09. The fourth-order valence-electron chi connectivity index (χ4n) is 2.50. The largest absolute Gasteiger partial charge is 0.377 e. The molecule has 0 spiro atoms. The Morgan fingerprint density at radius 2 is 2.11 bits per heavy atom. The fraction of sp³-hybridized carbons (Fsp3) is 0.529. The van der Waals surface area contributed by atoms with Gasteiger partial charge >= 0.3 is 0 Å². The van der Waals surface area contributed by atoms with Crippen LogP contribution < -0.4 is 0 Å². The van der Waals surface area contributed by atoms with Gasteiger partial charge in [-0.2, -0.15) is 0 Å². The molecule has 2 atom stereocenters. The highest BCUT2D eigenvalue weighted by Crippen LogP contribution is 2.32. The standard InChI is InChI=1S/C17H22O2/c1-15-8-5-6-11-17(15,18)12-7-13-19-14-16-9-3-2-4-10-16/h2-4,9-10,15,18H,5-6,8,11,13-14H2,1H3. The van der Waals surface area contributed by atoms with Crippen molar-refractivity contribution < 1.29 is 9.84 Å². The van der Waals surface area contributed by atoms with Gasteiger partial charge in [0, 0.05) is 0 Å². The molecule has 2 rings (SSSR count). The van der Waals surface area contributed by atoms with Gasteiger partial charge in [-0.3, -0.25) is 0 Å². The van der Waals surface area contributed by atoms with E-state index in [1.165, 1.54) is 6.42 Å². The van der Waals surface area contributed by atoms with Gasteiger partial charge in [-0.15, -0.1) is 0 Å². The Morgan fingerprint density at radius 1 is 1.32 bits per heavy atom. The first-order chi connectivity index (χ1) is 9.21. The lowest BCUT2D eigenvalue weighted by molar-refractivity contribution is 0.0123. The Morgan fingerprint density at radius 3 is 2.84 bits per heavy atom. The molecule has 2 heteroatoms. The molecular formula is C17H22O2. The van der Waals surface area contributed by atoms with Crippen LogP contribution in [0.15, 0.2) is 30.3 Å². The Balaban J connectivity index is 1.78. The smallest absolute Gasteiger partial charge is 0.128 e. The molecule has 1 aliphatic carbocycles. The maximum Gasteiger partial charge on any atom is 0.128 e. The molecule has 1 aromatic rings. The van der Waals surface area contributed by atoms with Crippen molar-refractivity contribution in [3.8, 4) is 11.8 Å². The highest BCUT2D eigenvalue weighted by Gasteiger charge is 2.33. The molecule has 0 amide bonds. The second kappa shape index (κ2) is 6.75. The zero-order valence-corrected chi connectivity index (χ0v) is 11.6. The van der Waals surface area contributed by atoms with Crippen molar-refractivity contribution in [3.05, 3.63) is 35.9 Å². The van der Waals surface area contributed by atoms with Crippen molar-refractivity contribution in [1.82, 2.24) is 0 Å². The molecule has 102 valence electrons. The van der Waals surface area contributed by atoms with Crippen LogP contribution in [0.2, 0.25) is 0 Å². The van der Waals surface area contributed by atoms with Crippen LogP contribution in [-0.4, -0.2) is 17.3 Å². The summed E-state index contributed by atoms with van der Waals surface area (Å²) in [4.78, 5) is 0. The molecule has 19 heavy (non-hydrogen) atoms. The molecule has 1 aliphatic rings. The first-order valence-corrected chi connectivity index (χ1v) is 7.05. The van der Waals surface area contributed by atoms with Crippen molar-refractivity contribution in [2.45, 2.75) is 44.8 Å². The number of hydrogen-bond acceptors (Lipinski definition) is 2. The Labute approximate surface area is 115 Å². The maximum absolute atomic E-state index is 10.4. The van der Waals surface area contributed by atoms with Gasteiger partial charge in [0.2, 0.25) is 0 Å². The van der Waals surface area contributed by atoms with Crippen molar-refractivity contribution in [2.24, 2.45) is 5.92 Å². The molecule has 0 radical (unpaired) electrons. The summed E-state index contributed by atoms with van der Waals surface area (Å²) < 4.78 is 5.51. The average Bonchev–Trinajstić information content (AvgIpc) is 2.43. The highest BCUT2D eigenvalue weighted by atomic mass is 16.5. The normalized spacial score (nSPS) is 26.5. The first-order valence-electron chi connectivity index (χ1n) is 7.05. The van der Waals surface area contributed by atoms with E-state index >= 15 is 0 Å². The molecular weight excluding hydrogens is 236 g/mol. The van der Waals surface area contributed by atoms with Crippen LogP contribution in [0.25, 0.3) is 0 Å². The molecule has 2 unspecified atom stereocenters. The third-order valence-corrected chi connectivity index (χ3v) is 3.85. The minimum atomic E-state index is -0.797. The van der Waals surface area contributed by atoms with Crippen LogP contribution in [0.5, 0.6) is 0 Å². The van der Waals surface area contributed by atoms with E-state index in [1.54, 1.807) is 0 Å². The SMILES string of the molecule is CC1CCCCC1(O)C#CCOCc1ccccc1. The summed E-state index contributed by atoms with van der Waals surface area (Å²) in [5.74, 6) is 6.26. The van der Waals surface area contributed by atoms with Crippen molar-refractivity contribution >= 4 is 0 Å². The van der Waals surface area contributed by atoms with E-state index in [1.807, 2.05) is 30.3 Å². The van der Waals surface area contributed by atoms with Crippen molar-refractivity contribution in [1.29, 1.82) is 0 Å². The summed E-state index contributed by atoms with van der Waals surface area (Å²) in [5, 5.41) is 10.4. The van der Waals surface area contributed by atoms with Crippen LogP contribution >= 0.6 is 0 Å². The van der Waals surface area contributed by atoms with E-state index in [4.69, 9.17) is 4.74 Å². The zero-order chi connectivity index (χ0) is 13.6. The van der Waals surface area contributed by atoms with E-state index in [0.29, 0.717) is 13.2 Å². The summed E-state index contributed by atoms with van der Waals surface area (Å²) in [6.45, 7) is 3.03. The summed E-state index contributed by atoms with van der Waals surface area (Å²) >= 11 is 0. The number of aliphatic hydroxyl groups is 1. The monoisotopic (exact) mass is 258 g/mol. The van der Waals surface area contributed by atoms with Crippen LogP contribution in [-0.2, 0) is 11.3 Å². The summed E-state index contributed by atoms with van der Waals surface area (Å²) in [5.41, 5.74) is 0.350. The topological polar surface area (TPSA) is 29.5 Å². The summed E-state index contributed by atoms with van der Waals surface area (Å²) in [6.07, 6.45) is 4.13. The minimum absolute atomic E-state index is 0.267. The van der Waals surface area contributed by atoms with Gasteiger partial charge in [0.25, 0.3) is 0 Å². The summed E-state index contributed by atoms with van der Waals surface area (Å²) in [7, 11) is 0. The van der Waals surface area contributed by atoms with Crippen molar-refractivity contribution in [2.75, 3.05) is 6.61 Å². The molecule has 1 saturated carbocycles. The van der Waals surface area contributed by atoms with Crippen LogP contribution in [0, 0.1) is 17.8 Å². The summed E-state index contributed by atoms with van der Waals surface area (Å²) in [6, 6.07) is 10.0. The molecule has 0 saturated heterocycles. The van der Waals surface area contributed by atoms with Gasteiger partial charge in [-0.1, -0.05) is 55.5 Å². The van der Waals surface area contributed by atoms with Gasteiger partial charge in [-0.05, 0) is 30.7 Å². The average molecular weight is 258 g/mol. The predicted octanol–water partition coefficient (Wildman–Crippen LogP) is 3.15. The maximum atomic E-state index is 10.4. The van der Waals surface area contributed by atoms with Crippen LogP contribution in [0.1, 0.15) is 38.2 Å². The number of benzene rings is 1. The number of hydrogen-bond donors (Lipinski definition) is 1. The lowest BCUT2D eigenvalue weighted by atomic mass is 9.77. The molecule has 1 fully saturated rings. The zero-order valence-electron chi connectivity index (χ0n) is 11.6. The van der Waals surface area contributed by atoms with Gasteiger partial charge < -0.3 is 9.84 Å². The van der Waals surface area contributed by atoms with E-state index in [2.05, 4.69) is 18.8 Å². The Hall–Kier alpha value is -1.30. The number of ether oxygens (including phenoxy) is 1. The van der Waals surface area contributed by atoms with E-state index in [-0.39, 0.29) is 5.92 Å². The lowest BCUT2D eigenvalue weighted by Crippen LogP contribution is -2.37. The van der Waals surface area contributed by atoms with Gasteiger partial charge in [0.15, 0.2) is 0 Å². The fourth-order valence-corrected chi connectivity index (χ4v) is 2.50. The molecule has 2 nitrogen and oxygen atoms in total. The van der Waals surface area contributed by atoms with E-state index in [0.717, 1.165) is 24.8 Å². The van der Waals surface area contributed by atoms with Gasteiger partial charge in [-0.25, -0.2) is 0 Å². The number of rotatable bonds is 3. The lowest BCUT2D eigenvalue weighted by Gasteiger charge is -2.33. The molecule has 0 heterocycles. The van der Waals surface area contributed by atoms with Gasteiger partial charge in [0.05, 0.1) is 6.61 Å². The molecule has 0 bridgehead atoms. The third-order valence-electron chi connectivity index (χ3n) is 3.85. The van der Waals surface area contributed by atoms with Crippen molar-refractivity contribution in [3.63, 3.8) is 0 Å². The van der Waals surface area contributed by atoms with E-state index < -0.39 is 5.60 Å². The Kier molecular flexibility index (Phi) is 5.01. The second-order valence-corrected chi connectivity index (χ2v) is 5.35. The minimum Gasteiger partial charge on any atom is -0.377 e. The van der Waals surface area contributed by atoms with Crippen LogP contribution in [0.3, 0.4) is 0 Å². The highest BCUT2D eigenvalue weighted by molar-refractivity contribution is 5.17. The predicted molar refractivity (Wildman–Crippen MR) is 76.5 cm³/mol. The molecule has 0 aliphatic heterocycles. The quantitative estimate of drug-likeness (QED) is 0.666. The molecule has 0 aromatic heterocycles. The van der Waals surface area contributed by atoms with Crippen LogP contribution in [0.4, 0.5) is 0 Å². The molecule has 1 N–H and O–H groups in total. The van der Waals surface area contributed by atoms with E-state index in [9.17, 15) is 5.11 Å². The first kappa shape index (κ1) is 14.1. The second-order valence-electron chi connectivity index (χ2n) is 5.35. The van der Waals surface area contributed by atoms with Gasteiger partial charge in [0.1, 0.15) is 12.2 Å².